The first-order valence-corrected chi connectivity index (χ1v) is 5.10. The summed E-state index contributed by atoms with van der Waals surface area (Å²) in [5.74, 6) is 0.154. The van der Waals surface area contributed by atoms with Crippen molar-refractivity contribution in [3.8, 4) is 0 Å². The van der Waals surface area contributed by atoms with Crippen LogP contribution in [0, 0.1) is 5.82 Å². The number of benzene rings is 1. The van der Waals surface area contributed by atoms with Crippen LogP contribution in [-0.2, 0) is 6.42 Å². The largest absolute Gasteiger partial charge is 0.321 e. The Bertz CT molecular complexity index is 451. The third-order valence-electron chi connectivity index (χ3n) is 2.27. The second-order valence-corrected chi connectivity index (χ2v) is 3.79. The minimum atomic E-state index is -0.447. The second-order valence-electron chi connectivity index (χ2n) is 3.38. The molecule has 4 nitrogen and oxygen atoms in total. The molecule has 6 heteroatoms. The van der Waals surface area contributed by atoms with Crippen LogP contribution in [-0.4, -0.2) is 15.2 Å². The van der Waals surface area contributed by atoms with Gasteiger partial charge in [0.05, 0.1) is 6.04 Å². The molecular formula is C10H10ClFN4. The van der Waals surface area contributed by atoms with Gasteiger partial charge in [-0.2, -0.15) is 5.10 Å². The van der Waals surface area contributed by atoms with Crippen LogP contribution in [0.15, 0.2) is 24.5 Å². The molecule has 1 aromatic carbocycles. The molecule has 1 unspecified atom stereocenters. The maximum absolute atomic E-state index is 13.5. The van der Waals surface area contributed by atoms with Crippen molar-refractivity contribution in [2.24, 2.45) is 5.73 Å². The van der Waals surface area contributed by atoms with Crippen molar-refractivity contribution in [1.29, 1.82) is 0 Å². The SMILES string of the molecule is NC(Cc1c(F)cccc1Cl)c1ncn[nH]1. The molecule has 0 spiro atoms. The molecule has 3 N–H and O–H groups in total. The molecule has 0 saturated carbocycles. The topological polar surface area (TPSA) is 67.6 Å². The summed E-state index contributed by atoms with van der Waals surface area (Å²) in [6.45, 7) is 0. The zero-order chi connectivity index (χ0) is 11.5. The van der Waals surface area contributed by atoms with E-state index in [0.717, 1.165) is 0 Å². The molecule has 0 fully saturated rings. The average molecular weight is 241 g/mol. The number of hydrogen-bond donors (Lipinski definition) is 2. The summed E-state index contributed by atoms with van der Waals surface area (Å²) in [7, 11) is 0. The number of H-pyrrole nitrogens is 1. The van der Waals surface area contributed by atoms with Gasteiger partial charge in [-0.15, -0.1) is 0 Å². The Balaban J connectivity index is 2.21. The molecule has 1 aromatic heterocycles. The summed E-state index contributed by atoms with van der Waals surface area (Å²) in [5, 5.41) is 6.70. The van der Waals surface area contributed by atoms with Crippen molar-refractivity contribution in [3.63, 3.8) is 0 Å². The number of nitrogens with one attached hydrogen (secondary N) is 1. The average Bonchev–Trinajstić information content (AvgIpc) is 2.76. The number of aromatic amines is 1. The van der Waals surface area contributed by atoms with E-state index in [0.29, 0.717) is 16.4 Å². The van der Waals surface area contributed by atoms with Crippen molar-refractivity contribution in [1.82, 2.24) is 15.2 Å². The van der Waals surface area contributed by atoms with Gasteiger partial charge in [-0.05, 0) is 18.6 Å². The van der Waals surface area contributed by atoms with Crippen molar-refractivity contribution in [2.75, 3.05) is 0 Å². The van der Waals surface area contributed by atoms with Crippen LogP contribution in [0.4, 0.5) is 4.39 Å². The van der Waals surface area contributed by atoms with Gasteiger partial charge in [-0.3, -0.25) is 5.10 Å². The molecule has 16 heavy (non-hydrogen) atoms. The van der Waals surface area contributed by atoms with Crippen LogP contribution in [0.3, 0.4) is 0 Å². The monoisotopic (exact) mass is 240 g/mol. The summed E-state index contributed by atoms with van der Waals surface area (Å²) in [4.78, 5) is 3.91. The molecule has 0 aliphatic heterocycles. The van der Waals surface area contributed by atoms with Gasteiger partial charge in [0.2, 0.25) is 0 Å². The van der Waals surface area contributed by atoms with Crippen LogP contribution in [0.2, 0.25) is 5.02 Å². The molecule has 0 saturated heterocycles. The van der Waals surface area contributed by atoms with Gasteiger partial charge in [0.1, 0.15) is 18.0 Å². The zero-order valence-electron chi connectivity index (χ0n) is 8.32. The summed E-state index contributed by atoms with van der Waals surface area (Å²) in [6.07, 6.45) is 1.64. The van der Waals surface area contributed by atoms with E-state index in [1.54, 1.807) is 12.1 Å². The molecule has 1 atom stereocenters. The first-order chi connectivity index (χ1) is 7.68. The van der Waals surface area contributed by atoms with Crippen molar-refractivity contribution < 1.29 is 4.39 Å². The first kappa shape index (κ1) is 11.0. The Kier molecular flexibility index (Phi) is 3.17. The molecule has 0 amide bonds. The van der Waals surface area contributed by atoms with Gasteiger partial charge in [-0.1, -0.05) is 17.7 Å². The normalized spacial score (nSPS) is 12.7. The smallest absolute Gasteiger partial charge is 0.141 e. The van der Waals surface area contributed by atoms with Crippen molar-refractivity contribution in [2.45, 2.75) is 12.5 Å². The van der Waals surface area contributed by atoms with Gasteiger partial charge in [0.25, 0.3) is 0 Å². The molecule has 2 aromatic rings. The summed E-state index contributed by atoms with van der Waals surface area (Å²) in [6, 6.07) is 4.10. The number of aromatic nitrogens is 3. The van der Waals surface area contributed by atoms with Gasteiger partial charge >= 0.3 is 0 Å². The van der Waals surface area contributed by atoms with E-state index >= 15 is 0 Å². The van der Waals surface area contributed by atoms with Crippen molar-refractivity contribution >= 4 is 11.6 Å². The summed E-state index contributed by atoms with van der Waals surface area (Å²) < 4.78 is 13.5. The molecule has 0 aliphatic rings. The van der Waals surface area contributed by atoms with Gasteiger partial charge in [0.15, 0.2) is 0 Å². The minimum absolute atomic E-state index is 0.278. The van der Waals surface area contributed by atoms with Crippen LogP contribution >= 0.6 is 11.6 Å². The highest BCUT2D eigenvalue weighted by Crippen LogP contribution is 2.23. The standard InChI is InChI=1S/C10H10ClFN4/c11-7-2-1-3-8(12)6(7)4-9(13)10-14-5-15-16-10/h1-3,5,9H,4,13H2,(H,14,15,16). The number of nitrogens with two attached hydrogens (primary N) is 1. The highest BCUT2D eigenvalue weighted by Gasteiger charge is 2.14. The predicted molar refractivity (Wildman–Crippen MR) is 58.4 cm³/mol. The molecule has 0 aliphatic carbocycles. The van der Waals surface area contributed by atoms with Crippen LogP contribution in [0.25, 0.3) is 0 Å². The number of halogens is 2. The summed E-state index contributed by atoms with van der Waals surface area (Å²) in [5.41, 5.74) is 6.25. The molecule has 2 rings (SSSR count). The van der Waals surface area contributed by atoms with Crippen LogP contribution in [0.5, 0.6) is 0 Å². The molecule has 0 radical (unpaired) electrons. The van der Waals surface area contributed by atoms with E-state index in [9.17, 15) is 4.39 Å². The van der Waals surface area contributed by atoms with E-state index < -0.39 is 6.04 Å². The minimum Gasteiger partial charge on any atom is -0.321 e. The second kappa shape index (κ2) is 4.59. The Morgan fingerprint density at radius 3 is 2.94 bits per heavy atom. The molecule has 0 bridgehead atoms. The van der Waals surface area contributed by atoms with E-state index in [4.69, 9.17) is 17.3 Å². The summed E-state index contributed by atoms with van der Waals surface area (Å²) >= 11 is 5.89. The van der Waals surface area contributed by atoms with Gasteiger partial charge < -0.3 is 5.73 Å². The Hall–Kier alpha value is -1.46. The highest BCUT2D eigenvalue weighted by atomic mass is 35.5. The maximum atomic E-state index is 13.5. The number of nitrogens with zero attached hydrogens (tertiary/aromatic N) is 2. The fraction of sp³-hybridized carbons (Fsp3) is 0.200. The molecule has 84 valence electrons. The maximum Gasteiger partial charge on any atom is 0.141 e. The molecule has 1 heterocycles. The zero-order valence-corrected chi connectivity index (χ0v) is 9.08. The lowest BCUT2D eigenvalue weighted by Crippen LogP contribution is -2.16. The van der Waals surface area contributed by atoms with Gasteiger partial charge in [0, 0.05) is 10.6 Å². The number of hydrogen-bond acceptors (Lipinski definition) is 3. The van der Waals surface area contributed by atoms with E-state index in [2.05, 4.69) is 15.2 Å². The van der Waals surface area contributed by atoms with Crippen molar-refractivity contribution in [3.05, 3.63) is 46.8 Å². The lowest BCUT2D eigenvalue weighted by Gasteiger charge is -2.10. The third kappa shape index (κ3) is 2.20. The fourth-order valence-corrected chi connectivity index (χ4v) is 1.68. The lowest BCUT2D eigenvalue weighted by atomic mass is 10.1. The molecular weight excluding hydrogens is 231 g/mol. The van der Waals surface area contributed by atoms with Crippen LogP contribution < -0.4 is 5.73 Å². The lowest BCUT2D eigenvalue weighted by molar-refractivity contribution is 0.585. The Morgan fingerprint density at radius 1 is 1.50 bits per heavy atom. The van der Waals surface area contributed by atoms with Crippen LogP contribution in [0.1, 0.15) is 17.4 Å². The van der Waals surface area contributed by atoms with E-state index in [1.807, 2.05) is 0 Å². The quantitative estimate of drug-likeness (QED) is 0.860. The van der Waals surface area contributed by atoms with E-state index in [-0.39, 0.29) is 12.2 Å². The number of rotatable bonds is 3. The van der Waals surface area contributed by atoms with Gasteiger partial charge in [-0.25, -0.2) is 9.37 Å². The Morgan fingerprint density at radius 2 is 2.31 bits per heavy atom. The fourth-order valence-electron chi connectivity index (χ4n) is 1.44. The Labute approximate surface area is 96.6 Å². The predicted octanol–water partition coefficient (Wildman–Crippen LogP) is 1.84. The third-order valence-corrected chi connectivity index (χ3v) is 2.62. The van der Waals surface area contributed by atoms with E-state index in [1.165, 1.54) is 12.4 Å². The first-order valence-electron chi connectivity index (χ1n) is 4.72. The highest BCUT2D eigenvalue weighted by molar-refractivity contribution is 6.31.